The fourth-order valence-electron chi connectivity index (χ4n) is 0.774. The van der Waals surface area contributed by atoms with Crippen LogP contribution in [0.3, 0.4) is 0 Å². The number of unbranched alkanes of at least 4 members (excludes halogenated alkanes) is 2. The van der Waals surface area contributed by atoms with Crippen LogP contribution in [0.2, 0.25) is 0 Å². The molecule has 0 aromatic heterocycles. The molecule has 1 heteroatoms. The van der Waals surface area contributed by atoms with Crippen molar-refractivity contribution in [2.24, 2.45) is 0 Å². The summed E-state index contributed by atoms with van der Waals surface area (Å²) in [6.45, 7) is 2.13. The molecule has 0 heterocycles. The third-order valence-corrected chi connectivity index (χ3v) is 1.34. The Balaban J connectivity index is 3.10. The van der Waals surface area contributed by atoms with E-state index in [0.717, 1.165) is 25.7 Å². The average molecular weight is 149 g/mol. The Hall–Kier alpha value is -1.03. The van der Waals surface area contributed by atoms with E-state index in [0.29, 0.717) is 0 Å². The van der Waals surface area contributed by atoms with Gasteiger partial charge >= 0.3 is 0 Å². The lowest BCUT2D eigenvalue weighted by atomic mass is 10.2. The predicted octanol–water partition coefficient (Wildman–Crippen LogP) is 3.20. The Labute approximate surface area is 69.0 Å². The van der Waals surface area contributed by atoms with Gasteiger partial charge in [0.25, 0.3) is 0 Å². The van der Waals surface area contributed by atoms with Gasteiger partial charge in [0, 0.05) is 6.08 Å². The summed E-state index contributed by atoms with van der Waals surface area (Å²) < 4.78 is 0. The normalized spacial score (nSPS) is 10.9. The van der Waals surface area contributed by atoms with Crippen molar-refractivity contribution >= 4 is 0 Å². The van der Waals surface area contributed by atoms with Gasteiger partial charge in [-0.25, -0.2) is 0 Å². The highest BCUT2D eigenvalue weighted by atomic mass is 14.2. The standard InChI is InChI=1S/C10H15N/c1-2-3-4-5-6-7-8-9-10-11/h3-4,8-9H,2,5-7H2,1H3/b4-3-,9-8+. The topological polar surface area (TPSA) is 23.8 Å². The Morgan fingerprint density at radius 3 is 2.55 bits per heavy atom. The molecule has 0 radical (unpaired) electrons. The molecule has 0 saturated heterocycles. The minimum absolute atomic E-state index is 1.02. The molecule has 0 atom stereocenters. The van der Waals surface area contributed by atoms with E-state index >= 15 is 0 Å². The second-order valence-corrected chi connectivity index (χ2v) is 2.34. The van der Waals surface area contributed by atoms with Crippen molar-refractivity contribution in [3.05, 3.63) is 24.3 Å². The number of hydrogen-bond donors (Lipinski definition) is 0. The van der Waals surface area contributed by atoms with Crippen molar-refractivity contribution in [1.29, 1.82) is 5.26 Å². The minimum Gasteiger partial charge on any atom is -0.193 e. The van der Waals surface area contributed by atoms with Crippen LogP contribution in [0.15, 0.2) is 24.3 Å². The van der Waals surface area contributed by atoms with E-state index in [9.17, 15) is 0 Å². The lowest BCUT2D eigenvalue weighted by molar-refractivity contribution is 0.865. The summed E-state index contributed by atoms with van der Waals surface area (Å²) in [6.07, 6.45) is 12.2. The van der Waals surface area contributed by atoms with Crippen LogP contribution < -0.4 is 0 Å². The summed E-state index contributed by atoms with van der Waals surface area (Å²) in [5.41, 5.74) is 0. The number of hydrogen-bond acceptors (Lipinski definition) is 1. The van der Waals surface area contributed by atoms with Crippen LogP contribution in [-0.2, 0) is 0 Å². The van der Waals surface area contributed by atoms with Crippen LogP contribution >= 0.6 is 0 Å². The van der Waals surface area contributed by atoms with Crippen LogP contribution in [-0.4, -0.2) is 0 Å². The molecule has 0 rings (SSSR count). The maximum Gasteiger partial charge on any atom is 0.0908 e. The molecule has 0 aliphatic rings. The first-order chi connectivity index (χ1) is 5.41. The van der Waals surface area contributed by atoms with Crippen molar-refractivity contribution < 1.29 is 0 Å². The maximum absolute atomic E-state index is 8.16. The van der Waals surface area contributed by atoms with Gasteiger partial charge in [0.2, 0.25) is 0 Å². The molecule has 11 heavy (non-hydrogen) atoms. The van der Waals surface area contributed by atoms with Crippen LogP contribution in [0.25, 0.3) is 0 Å². The average Bonchev–Trinajstić information content (AvgIpc) is 2.03. The second kappa shape index (κ2) is 8.97. The fraction of sp³-hybridized carbons (Fsp3) is 0.500. The lowest BCUT2D eigenvalue weighted by Crippen LogP contribution is -1.68. The Kier molecular flexibility index (Phi) is 8.13. The van der Waals surface area contributed by atoms with Crippen LogP contribution in [0.5, 0.6) is 0 Å². The van der Waals surface area contributed by atoms with Gasteiger partial charge in [-0.15, -0.1) is 0 Å². The molecule has 1 nitrogen and oxygen atoms in total. The number of rotatable bonds is 5. The summed E-state index contributed by atoms with van der Waals surface area (Å²) >= 11 is 0. The van der Waals surface area contributed by atoms with E-state index in [1.807, 2.05) is 12.1 Å². The van der Waals surface area contributed by atoms with E-state index in [1.54, 1.807) is 6.08 Å². The monoisotopic (exact) mass is 149 g/mol. The molecule has 0 spiro atoms. The predicted molar refractivity (Wildman–Crippen MR) is 48.0 cm³/mol. The highest BCUT2D eigenvalue weighted by molar-refractivity contribution is 5.01. The zero-order chi connectivity index (χ0) is 8.36. The highest BCUT2D eigenvalue weighted by Crippen LogP contribution is 1.97. The quantitative estimate of drug-likeness (QED) is 0.334. The summed E-state index contributed by atoms with van der Waals surface area (Å²) in [5, 5.41) is 8.16. The molecule has 0 amide bonds. The van der Waals surface area contributed by atoms with E-state index < -0.39 is 0 Å². The van der Waals surface area contributed by atoms with Crippen LogP contribution in [0, 0.1) is 11.3 Å². The molecule has 0 unspecified atom stereocenters. The van der Waals surface area contributed by atoms with E-state index in [2.05, 4.69) is 19.1 Å². The van der Waals surface area contributed by atoms with Crippen molar-refractivity contribution in [3.63, 3.8) is 0 Å². The largest absolute Gasteiger partial charge is 0.193 e. The molecular weight excluding hydrogens is 134 g/mol. The summed E-state index contributed by atoms with van der Waals surface area (Å²) in [6, 6.07) is 1.97. The zero-order valence-corrected chi connectivity index (χ0v) is 7.09. The molecular formula is C10H15N. The Morgan fingerprint density at radius 1 is 1.18 bits per heavy atom. The van der Waals surface area contributed by atoms with Crippen LogP contribution in [0.4, 0.5) is 0 Å². The molecule has 0 aliphatic heterocycles. The first-order valence-corrected chi connectivity index (χ1v) is 4.11. The van der Waals surface area contributed by atoms with Gasteiger partial charge in [0.1, 0.15) is 0 Å². The van der Waals surface area contributed by atoms with Gasteiger partial charge in [0.05, 0.1) is 6.07 Å². The SMILES string of the molecule is CC/C=C\CCC/C=C/C#N. The lowest BCUT2D eigenvalue weighted by Gasteiger charge is -1.87. The van der Waals surface area contributed by atoms with Gasteiger partial charge in [0.15, 0.2) is 0 Å². The third-order valence-electron chi connectivity index (χ3n) is 1.34. The first-order valence-electron chi connectivity index (χ1n) is 4.11. The van der Waals surface area contributed by atoms with E-state index in [4.69, 9.17) is 5.26 Å². The molecule has 0 bridgehead atoms. The number of allylic oxidation sites excluding steroid dienone is 4. The van der Waals surface area contributed by atoms with Crippen LogP contribution in [0.1, 0.15) is 32.6 Å². The summed E-state index contributed by atoms with van der Waals surface area (Å²) in [4.78, 5) is 0. The molecule has 0 aromatic rings. The molecule has 0 N–H and O–H groups in total. The first kappa shape index (κ1) is 9.97. The summed E-state index contributed by atoms with van der Waals surface area (Å²) in [7, 11) is 0. The molecule has 60 valence electrons. The van der Waals surface area contributed by atoms with Gasteiger partial charge < -0.3 is 0 Å². The van der Waals surface area contributed by atoms with E-state index in [-0.39, 0.29) is 0 Å². The Bertz CT molecular complexity index is 160. The Morgan fingerprint density at radius 2 is 1.91 bits per heavy atom. The molecule has 0 saturated carbocycles. The number of nitrogens with zero attached hydrogens (tertiary/aromatic N) is 1. The second-order valence-electron chi connectivity index (χ2n) is 2.34. The molecule has 0 fully saturated rings. The van der Waals surface area contributed by atoms with Gasteiger partial charge in [-0.1, -0.05) is 25.2 Å². The number of nitriles is 1. The summed E-state index contributed by atoms with van der Waals surface area (Å²) in [5.74, 6) is 0. The molecule has 0 aliphatic carbocycles. The van der Waals surface area contributed by atoms with Gasteiger partial charge in [-0.2, -0.15) is 5.26 Å². The van der Waals surface area contributed by atoms with Crippen molar-refractivity contribution in [3.8, 4) is 6.07 Å². The van der Waals surface area contributed by atoms with Crippen molar-refractivity contribution in [1.82, 2.24) is 0 Å². The fourth-order valence-corrected chi connectivity index (χ4v) is 0.774. The maximum atomic E-state index is 8.16. The highest BCUT2D eigenvalue weighted by Gasteiger charge is 1.78. The van der Waals surface area contributed by atoms with Crippen molar-refractivity contribution in [2.45, 2.75) is 32.6 Å². The van der Waals surface area contributed by atoms with Crippen molar-refractivity contribution in [2.75, 3.05) is 0 Å². The van der Waals surface area contributed by atoms with Gasteiger partial charge in [-0.3, -0.25) is 0 Å². The third kappa shape index (κ3) is 8.97. The zero-order valence-electron chi connectivity index (χ0n) is 7.09. The molecule has 0 aromatic carbocycles. The smallest absolute Gasteiger partial charge is 0.0908 e. The van der Waals surface area contributed by atoms with E-state index in [1.165, 1.54) is 0 Å². The minimum atomic E-state index is 1.02. The van der Waals surface area contributed by atoms with Gasteiger partial charge in [-0.05, 0) is 25.7 Å².